The molecule has 2 N–H and O–H groups in total. The number of hydrogen-bond donors (Lipinski definition) is 2. The number of pyridine rings is 1. The van der Waals surface area contributed by atoms with Gasteiger partial charge in [-0.3, -0.25) is 0 Å². The molecule has 0 radical (unpaired) electrons. The molecular weight excluding hydrogens is 395 g/mol. The van der Waals surface area contributed by atoms with E-state index in [9.17, 15) is 9.67 Å². The third-order valence-electron chi connectivity index (χ3n) is 4.80. The molecule has 0 amide bonds. The highest BCUT2D eigenvalue weighted by Crippen LogP contribution is 2.56. The molecule has 9 heteroatoms. The average molecular weight is 424 g/mol. The lowest BCUT2D eigenvalue weighted by molar-refractivity contribution is 0.298. The van der Waals surface area contributed by atoms with Crippen molar-refractivity contribution in [1.29, 1.82) is 0 Å². The lowest BCUT2D eigenvalue weighted by atomic mass is 10.2. The second kappa shape index (κ2) is 9.85. The number of aromatic hydroxyl groups is 1. The molecule has 0 saturated carbocycles. The first-order valence-electron chi connectivity index (χ1n) is 9.40. The molecule has 8 nitrogen and oxygen atoms in total. The molecule has 0 aliphatic carbocycles. The van der Waals surface area contributed by atoms with Crippen molar-refractivity contribution in [2.24, 2.45) is 0 Å². The number of anilines is 1. The van der Waals surface area contributed by atoms with E-state index >= 15 is 0 Å². The fourth-order valence-electron chi connectivity index (χ4n) is 2.86. The molecule has 0 saturated heterocycles. The molecule has 2 aromatic rings. The number of nitrogens with one attached hydrogen (secondary N) is 1. The summed E-state index contributed by atoms with van der Waals surface area (Å²) in [5, 5.41) is 10.2. The van der Waals surface area contributed by atoms with E-state index in [1.165, 1.54) is 26.4 Å². The lowest BCUT2D eigenvalue weighted by Gasteiger charge is -2.26. The Morgan fingerprint density at radius 1 is 1.17 bits per heavy atom. The molecule has 0 aliphatic heterocycles. The van der Waals surface area contributed by atoms with Crippen molar-refractivity contribution in [3.8, 4) is 23.0 Å². The van der Waals surface area contributed by atoms with E-state index in [2.05, 4.69) is 10.5 Å². The second-order valence-electron chi connectivity index (χ2n) is 6.57. The van der Waals surface area contributed by atoms with Gasteiger partial charge >= 0.3 is 7.60 Å². The highest BCUT2D eigenvalue weighted by Gasteiger charge is 2.37. The van der Waals surface area contributed by atoms with E-state index in [-0.39, 0.29) is 28.7 Å². The molecular formula is C20H29N2O6P. The maximum Gasteiger partial charge on any atom is 0.403 e. The van der Waals surface area contributed by atoms with Gasteiger partial charge in [-0.15, -0.1) is 0 Å². The van der Waals surface area contributed by atoms with Gasteiger partial charge in [0.1, 0.15) is 5.75 Å². The number of hydrogen-bond acceptors (Lipinski definition) is 8. The quantitative estimate of drug-likeness (QED) is 0.395. The number of phenolic OH excluding ortho intramolecular Hbond substituents is 1. The summed E-state index contributed by atoms with van der Waals surface area (Å²) < 4.78 is 35.5. The van der Waals surface area contributed by atoms with E-state index < -0.39 is 7.60 Å². The van der Waals surface area contributed by atoms with Crippen molar-refractivity contribution in [2.45, 2.75) is 46.2 Å². The first kappa shape index (κ1) is 22.8. The van der Waals surface area contributed by atoms with Crippen LogP contribution in [0.15, 0.2) is 24.4 Å². The van der Waals surface area contributed by atoms with Crippen LogP contribution in [0.2, 0.25) is 0 Å². The van der Waals surface area contributed by atoms with Crippen LogP contribution in [0.1, 0.15) is 37.8 Å². The van der Waals surface area contributed by atoms with Gasteiger partial charge in [0.2, 0.25) is 5.75 Å². The summed E-state index contributed by atoms with van der Waals surface area (Å²) in [6, 6.07) is 4.69. The third kappa shape index (κ3) is 5.14. The van der Waals surface area contributed by atoms with Gasteiger partial charge in [0.05, 0.1) is 19.9 Å². The minimum atomic E-state index is -3.68. The summed E-state index contributed by atoms with van der Waals surface area (Å²) in [6.07, 6.45) is 2.80. The Labute approximate surface area is 171 Å². The molecule has 0 aliphatic rings. The molecule has 0 spiro atoms. The second-order valence-corrected chi connectivity index (χ2v) is 8.75. The number of methoxy groups -OCH3 is 2. The lowest BCUT2D eigenvalue weighted by Crippen LogP contribution is -2.17. The summed E-state index contributed by atoms with van der Waals surface area (Å²) >= 11 is 0. The van der Waals surface area contributed by atoms with Crippen LogP contribution in [0.3, 0.4) is 0 Å². The molecule has 1 unspecified atom stereocenters. The topological polar surface area (TPSA) is 99.1 Å². The van der Waals surface area contributed by atoms with Crippen LogP contribution >= 0.6 is 7.60 Å². The van der Waals surface area contributed by atoms with Crippen LogP contribution in [0.5, 0.6) is 23.0 Å². The predicted molar refractivity (Wildman–Crippen MR) is 112 cm³/mol. The van der Waals surface area contributed by atoms with Crippen molar-refractivity contribution >= 4 is 13.4 Å². The number of aromatic nitrogens is 1. The summed E-state index contributed by atoms with van der Waals surface area (Å²) in [5.41, 5.74) is 4.25. The zero-order valence-corrected chi connectivity index (χ0v) is 18.6. The van der Waals surface area contributed by atoms with Crippen LogP contribution in [0.4, 0.5) is 5.82 Å². The molecule has 29 heavy (non-hydrogen) atoms. The number of phenols is 1. The smallest absolute Gasteiger partial charge is 0.403 e. The highest BCUT2D eigenvalue weighted by atomic mass is 31.2. The number of rotatable bonds is 10. The van der Waals surface area contributed by atoms with Crippen molar-refractivity contribution < 1.29 is 28.3 Å². The summed E-state index contributed by atoms with van der Waals surface area (Å²) in [6.45, 7) is 7.67. The number of nitrogens with zero attached hydrogens (tertiary/aromatic N) is 1. The third-order valence-corrected chi connectivity index (χ3v) is 7.24. The Morgan fingerprint density at radius 3 is 2.45 bits per heavy atom. The summed E-state index contributed by atoms with van der Waals surface area (Å²) in [5.74, 6) is 0.835. The van der Waals surface area contributed by atoms with Gasteiger partial charge in [-0.25, -0.2) is 15.0 Å². The van der Waals surface area contributed by atoms with Crippen molar-refractivity contribution in [2.75, 3.05) is 19.7 Å². The Kier molecular flexibility index (Phi) is 7.76. The molecule has 0 fully saturated rings. The fourth-order valence-corrected chi connectivity index (χ4v) is 4.71. The van der Waals surface area contributed by atoms with E-state index in [0.29, 0.717) is 18.7 Å². The van der Waals surface area contributed by atoms with Crippen molar-refractivity contribution in [3.05, 3.63) is 35.5 Å². The maximum absolute atomic E-state index is 13.7. The monoisotopic (exact) mass is 424 g/mol. The SMILES string of the molecule is CCC(CC)P(=O)(ONc1nccc(C)c1C)Oc1cc(O)c(OC)c(OC)c1. The molecule has 1 aromatic carbocycles. The molecule has 2 rings (SSSR count). The minimum Gasteiger partial charge on any atom is -0.504 e. The largest absolute Gasteiger partial charge is 0.504 e. The first-order chi connectivity index (χ1) is 13.8. The van der Waals surface area contributed by atoms with Gasteiger partial charge in [0, 0.05) is 18.3 Å². The van der Waals surface area contributed by atoms with E-state index in [4.69, 9.17) is 18.6 Å². The van der Waals surface area contributed by atoms with Crippen LogP contribution in [-0.2, 0) is 9.19 Å². The fraction of sp³-hybridized carbons (Fsp3) is 0.450. The van der Waals surface area contributed by atoms with E-state index in [0.717, 1.165) is 11.1 Å². The molecule has 1 aromatic heterocycles. The zero-order chi connectivity index (χ0) is 21.6. The molecule has 1 atom stereocenters. The Hall–Kier alpha value is -2.44. The maximum atomic E-state index is 13.7. The standard InChI is InChI=1S/C20H29N2O6P/c1-7-16(8-2)29(24,28-22-20-14(4)13(3)9-10-21-20)27-15-11-17(23)19(26-6)18(12-15)25-5/h9-12,16,23H,7-8H2,1-6H3,(H,21,22). The van der Waals surface area contributed by atoms with Crippen LogP contribution in [-0.4, -0.2) is 30.0 Å². The predicted octanol–water partition coefficient (Wildman–Crippen LogP) is 5.23. The van der Waals surface area contributed by atoms with E-state index in [1.54, 1.807) is 6.20 Å². The van der Waals surface area contributed by atoms with Crippen LogP contribution < -0.4 is 19.5 Å². The van der Waals surface area contributed by atoms with Gasteiger partial charge in [-0.1, -0.05) is 13.8 Å². The zero-order valence-electron chi connectivity index (χ0n) is 17.7. The molecule has 1 heterocycles. The van der Waals surface area contributed by atoms with Crippen molar-refractivity contribution in [3.63, 3.8) is 0 Å². The number of aryl methyl sites for hydroxylation is 1. The number of ether oxygens (including phenoxy) is 2. The highest BCUT2D eigenvalue weighted by molar-refractivity contribution is 7.55. The normalized spacial score (nSPS) is 13.1. The first-order valence-corrected chi connectivity index (χ1v) is 11.0. The van der Waals surface area contributed by atoms with Crippen molar-refractivity contribution in [1.82, 2.24) is 4.98 Å². The number of benzene rings is 1. The van der Waals surface area contributed by atoms with Gasteiger partial charge in [-0.2, -0.15) is 4.62 Å². The Balaban J connectivity index is 2.36. The van der Waals surface area contributed by atoms with Crippen LogP contribution in [0, 0.1) is 13.8 Å². The molecule has 160 valence electrons. The minimum absolute atomic E-state index is 0.145. The Bertz CT molecular complexity index is 886. The van der Waals surface area contributed by atoms with Crippen LogP contribution in [0.25, 0.3) is 0 Å². The summed E-state index contributed by atoms with van der Waals surface area (Å²) in [7, 11) is -0.834. The van der Waals surface area contributed by atoms with E-state index in [1.807, 2.05) is 33.8 Å². The molecule has 0 bridgehead atoms. The Morgan fingerprint density at radius 2 is 1.86 bits per heavy atom. The van der Waals surface area contributed by atoms with Gasteiger partial charge in [0.15, 0.2) is 17.3 Å². The van der Waals surface area contributed by atoms with Gasteiger partial charge < -0.3 is 19.1 Å². The van der Waals surface area contributed by atoms with Gasteiger partial charge in [0.25, 0.3) is 0 Å². The average Bonchev–Trinajstić information content (AvgIpc) is 2.69. The van der Waals surface area contributed by atoms with Gasteiger partial charge in [-0.05, 0) is 43.9 Å². The summed E-state index contributed by atoms with van der Waals surface area (Å²) in [4.78, 5) is 4.24.